The molecule has 4 heterocycles. The minimum Gasteiger partial charge on any atom is -0.270 e. The number of pyridine rings is 2. The van der Waals surface area contributed by atoms with Gasteiger partial charge in [0.2, 0.25) is 0 Å². The van der Waals surface area contributed by atoms with Gasteiger partial charge in [-0.25, -0.2) is 4.98 Å². The SMILES string of the molecule is Cc1ccc(-n2c(SCc3cc(=O)n4cccc(C)c4n3)nnc2-c2ccncc2)cc1C. The van der Waals surface area contributed by atoms with Crippen molar-refractivity contribution in [2.75, 3.05) is 0 Å². The normalized spacial score (nSPS) is 11.2. The van der Waals surface area contributed by atoms with Crippen LogP contribution in [0.3, 0.4) is 0 Å². The van der Waals surface area contributed by atoms with Gasteiger partial charge in [-0.05, 0) is 67.8 Å². The van der Waals surface area contributed by atoms with Gasteiger partial charge >= 0.3 is 0 Å². The largest absolute Gasteiger partial charge is 0.270 e. The highest BCUT2D eigenvalue weighted by atomic mass is 32.2. The van der Waals surface area contributed by atoms with Crippen molar-refractivity contribution in [3.05, 3.63) is 99.9 Å². The molecule has 0 atom stereocenters. The second-order valence-electron chi connectivity index (χ2n) is 7.91. The van der Waals surface area contributed by atoms with E-state index in [1.807, 2.05) is 35.8 Å². The van der Waals surface area contributed by atoms with Crippen molar-refractivity contribution in [1.82, 2.24) is 29.1 Å². The molecule has 7 nitrogen and oxygen atoms in total. The molecule has 0 aliphatic carbocycles. The van der Waals surface area contributed by atoms with E-state index < -0.39 is 0 Å². The summed E-state index contributed by atoms with van der Waals surface area (Å²) in [7, 11) is 0. The van der Waals surface area contributed by atoms with Crippen molar-refractivity contribution < 1.29 is 0 Å². The molecule has 164 valence electrons. The third-order valence-corrected chi connectivity index (χ3v) is 6.57. The monoisotopic (exact) mass is 454 g/mol. The quantitative estimate of drug-likeness (QED) is 0.363. The van der Waals surface area contributed by atoms with Gasteiger partial charge in [0.05, 0.1) is 11.4 Å². The minimum atomic E-state index is -0.0904. The molecule has 0 bridgehead atoms. The predicted molar refractivity (Wildman–Crippen MR) is 130 cm³/mol. The molecule has 0 amide bonds. The Hall–Kier alpha value is -3.78. The van der Waals surface area contributed by atoms with Crippen LogP contribution < -0.4 is 5.56 Å². The molecule has 33 heavy (non-hydrogen) atoms. The molecule has 0 radical (unpaired) electrons. The van der Waals surface area contributed by atoms with E-state index in [2.05, 4.69) is 47.2 Å². The zero-order valence-electron chi connectivity index (χ0n) is 18.6. The minimum absolute atomic E-state index is 0.0904. The molecule has 0 N–H and O–H groups in total. The van der Waals surface area contributed by atoms with Crippen LogP contribution in [0.25, 0.3) is 22.7 Å². The van der Waals surface area contributed by atoms with Gasteiger partial charge in [-0.15, -0.1) is 10.2 Å². The van der Waals surface area contributed by atoms with E-state index >= 15 is 0 Å². The van der Waals surface area contributed by atoms with Crippen molar-refractivity contribution in [3.63, 3.8) is 0 Å². The fourth-order valence-electron chi connectivity index (χ4n) is 3.67. The highest BCUT2D eigenvalue weighted by molar-refractivity contribution is 7.98. The van der Waals surface area contributed by atoms with Crippen molar-refractivity contribution >= 4 is 17.4 Å². The number of hydrogen-bond acceptors (Lipinski definition) is 6. The number of benzene rings is 1. The number of thioether (sulfide) groups is 1. The Balaban J connectivity index is 1.56. The summed E-state index contributed by atoms with van der Waals surface area (Å²) in [6.45, 7) is 6.14. The Labute approximate surface area is 195 Å². The Kier molecular flexibility index (Phi) is 5.51. The van der Waals surface area contributed by atoms with E-state index in [4.69, 9.17) is 4.98 Å². The second-order valence-corrected chi connectivity index (χ2v) is 8.85. The molecule has 8 heteroatoms. The molecule has 0 spiro atoms. The van der Waals surface area contributed by atoms with E-state index in [0.29, 0.717) is 17.1 Å². The summed E-state index contributed by atoms with van der Waals surface area (Å²) < 4.78 is 3.62. The highest BCUT2D eigenvalue weighted by Gasteiger charge is 2.17. The lowest BCUT2D eigenvalue weighted by Gasteiger charge is -2.12. The van der Waals surface area contributed by atoms with Gasteiger partial charge in [-0.2, -0.15) is 0 Å². The maximum atomic E-state index is 12.6. The van der Waals surface area contributed by atoms with Crippen LogP contribution in [0.5, 0.6) is 0 Å². The molecule has 4 aromatic heterocycles. The topological polar surface area (TPSA) is 78.0 Å². The summed E-state index contributed by atoms with van der Waals surface area (Å²) >= 11 is 1.51. The molecule has 0 saturated carbocycles. The lowest BCUT2D eigenvalue weighted by molar-refractivity contribution is 0.883. The van der Waals surface area contributed by atoms with Crippen LogP contribution in [-0.2, 0) is 5.75 Å². The molecule has 1 aromatic carbocycles. The van der Waals surface area contributed by atoms with Gasteiger partial charge in [-0.1, -0.05) is 23.9 Å². The second kappa shape index (κ2) is 8.63. The number of fused-ring (bicyclic) bond motifs is 1. The van der Waals surface area contributed by atoms with Crippen LogP contribution in [0.15, 0.2) is 77.1 Å². The van der Waals surface area contributed by atoms with Crippen molar-refractivity contribution in [2.24, 2.45) is 0 Å². The molecular weight excluding hydrogens is 432 g/mol. The average molecular weight is 455 g/mol. The van der Waals surface area contributed by atoms with Crippen molar-refractivity contribution in [1.29, 1.82) is 0 Å². The fourth-order valence-corrected chi connectivity index (χ4v) is 4.51. The Bertz CT molecular complexity index is 1520. The average Bonchev–Trinajstić information content (AvgIpc) is 3.25. The van der Waals surface area contributed by atoms with Gasteiger partial charge in [0.1, 0.15) is 5.65 Å². The van der Waals surface area contributed by atoms with Crippen LogP contribution in [-0.4, -0.2) is 29.1 Å². The Morgan fingerprint density at radius 3 is 2.52 bits per heavy atom. The number of hydrogen-bond donors (Lipinski definition) is 0. The summed E-state index contributed by atoms with van der Waals surface area (Å²) in [5, 5.41) is 9.70. The molecule has 0 aliphatic heterocycles. The summed E-state index contributed by atoms with van der Waals surface area (Å²) in [5.41, 5.74) is 6.58. The first-order valence-corrected chi connectivity index (χ1v) is 11.5. The summed E-state index contributed by atoms with van der Waals surface area (Å²) in [6.07, 6.45) is 5.23. The molecule has 0 fully saturated rings. The van der Waals surface area contributed by atoms with E-state index in [9.17, 15) is 4.79 Å². The van der Waals surface area contributed by atoms with Crippen LogP contribution in [0.4, 0.5) is 0 Å². The fraction of sp³-hybridized carbons (Fsp3) is 0.160. The Morgan fingerprint density at radius 1 is 0.909 bits per heavy atom. The smallest absolute Gasteiger partial charge is 0.258 e. The van der Waals surface area contributed by atoms with Gasteiger partial charge < -0.3 is 0 Å². The maximum absolute atomic E-state index is 12.6. The van der Waals surface area contributed by atoms with Gasteiger partial charge in [0.25, 0.3) is 5.56 Å². The third kappa shape index (κ3) is 4.05. The van der Waals surface area contributed by atoms with Crippen molar-refractivity contribution in [2.45, 2.75) is 31.7 Å². The van der Waals surface area contributed by atoms with Gasteiger partial charge in [0.15, 0.2) is 11.0 Å². The number of nitrogens with zero attached hydrogens (tertiary/aromatic N) is 6. The van der Waals surface area contributed by atoms with E-state index in [1.165, 1.54) is 22.9 Å². The first-order chi connectivity index (χ1) is 16.0. The first kappa shape index (κ1) is 21.1. The highest BCUT2D eigenvalue weighted by Crippen LogP contribution is 2.30. The lowest BCUT2D eigenvalue weighted by atomic mass is 10.1. The summed E-state index contributed by atoms with van der Waals surface area (Å²) in [4.78, 5) is 21.4. The molecular formula is C25H22N6OS. The molecule has 5 aromatic rings. The van der Waals surface area contributed by atoms with Crippen LogP contribution in [0.2, 0.25) is 0 Å². The number of aromatic nitrogens is 6. The summed E-state index contributed by atoms with van der Waals surface area (Å²) in [6, 6.07) is 15.5. The van der Waals surface area contributed by atoms with E-state index in [0.717, 1.165) is 27.8 Å². The van der Waals surface area contributed by atoms with Crippen molar-refractivity contribution in [3.8, 4) is 17.1 Å². The maximum Gasteiger partial charge on any atom is 0.258 e. The third-order valence-electron chi connectivity index (χ3n) is 5.61. The van der Waals surface area contributed by atoms with Crippen LogP contribution in [0, 0.1) is 20.8 Å². The zero-order chi connectivity index (χ0) is 22.9. The molecule has 5 rings (SSSR count). The van der Waals surface area contributed by atoms with Gasteiger partial charge in [-0.3, -0.25) is 18.7 Å². The summed E-state index contributed by atoms with van der Waals surface area (Å²) in [5.74, 6) is 1.24. The van der Waals surface area contributed by atoms with E-state index in [-0.39, 0.29) is 5.56 Å². The van der Waals surface area contributed by atoms with Crippen LogP contribution >= 0.6 is 11.8 Å². The lowest BCUT2D eigenvalue weighted by Crippen LogP contribution is -2.15. The number of aryl methyl sites for hydroxylation is 3. The molecule has 0 saturated heterocycles. The predicted octanol–water partition coefficient (Wildman–Crippen LogP) is 4.55. The van der Waals surface area contributed by atoms with E-state index in [1.54, 1.807) is 29.1 Å². The Morgan fingerprint density at radius 2 is 1.73 bits per heavy atom. The molecule has 0 aliphatic rings. The molecule has 0 unspecified atom stereocenters. The van der Waals surface area contributed by atoms with Gasteiger partial charge in [0, 0.05) is 36.0 Å². The standard InChI is InChI=1S/C25H22N6OS/c1-16-6-7-21(13-18(16)3)31-24(19-8-10-26-11-9-19)28-29-25(31)33-15-20-14-22(32)30-12-4-5-17(2)23(30)27-20/h4-14H,15H2,1-3H3. The zero-order valence-corrected chi connectivity index (χ0v) is 19.4. The van der Waals surface area contributed by atoms with Crippen LogP contribution in [0.1, 0.15) is 22.4 Å². The number of rotatable bonds is 5. The first-order valence-electron chi connectivity index (χ1n) is 10.6.